The van der Waals surface area contributed by atoms with Gasteiger partial charge in [-0.1, -0.05) is 0 Å². The number of carboxylic acids is 1. The molecule has 0 saturated heterocycles. The van der Waals surface area contributed by atoms with Gasteiger partial charge in [-0.25, -0.2) is 0 Å². The number of carboxylic acid groups (broad SMARTS) is 1. The van der Waals surface area contributed by atoms with Crippen molar-refractivity contribution in [3.8, 4) is 0 Å². The Morgan fingerprint density at radius 2 is 2.07 bits per heavy atom. The fourth-order valence-corrected chi connectivity index (χ4v) is 1.32. The van der Waals surface area contributed by atoms with E-state index in [1.807, 2.05) is 0 Å². The lowest BCUT2D eigenvalue weighted by molar-refractivity contribution is -0.139. The fourth-order valence-electron chi connectivity index (χ4n) is 0.864. The molecule has 0 aliphatic carbocycles. The van der Waals surface area contributed by atoms with Crippen LogP contribution in [0.2, 0.25) is 0 Å². The zero-order valence-electron chi connectivity index (χ0n) is 7.59. The summed E-state index contributed by atoms with van der Waals surface area (Å²) in [7, 11) is -4.20. The van der Waals surface area contributed by atoms with Crippen LogP contribution in [-0.4, -0.2) is 39.7 Å². The zero-order valence-corrected chi connectivity index (χ0v) is 8.48. The van der Waals surface area contributed by atoms with Gasteiger partial charge in [-0.05, 0) is 19.4 Å². The van der Waals surface area contributed by atoms with Gasteiger partial charge in [0, 0.05) is 0 Å². The molecule has 84 valence electrons. The van der Waals surface area contributed by atoms with Crippen LogP contribution in [0.4, 0.5) is 0 Å². The van der Waals surface area contributed by atoms with Crippen molar-refractivity contribution >= 4 is 13.6 Å². The van der Waals surface area contributed by atoms with Gasteiger partial charge in [0.25, 0.3) is 0 Å². The highest BCUT2D eigenvalue weighted by Crippen LogP contribution is 2.32. The second kappa shape index (κ2) is 6.10. The van der Waals surface area contributed by atoms with Crippen LogP contribution < -0.4 is 11.1 Å². The normalized spacial score (nSPS) is 13.9. The smallest absolute Gasteiger partial charge is 0.339 e. The third kappa shape index (κ3) is 6.99. The summed E-state index contributed by atoms with van der Waals surface area (Å²) >= 11 is 0. The largest absolute Gasteiger partial charge is 0.480 e. The number of rotatable bonds is 7. The predicted molar refractivity (Wildman–Crippen MR) is 49.8 cm³/mol. The predicted octanol–water partition coefficient (Wildman–Crippen LogP) is -1.10. The van der Waals surface area contributed by atoms with Crippen molar-refractivity contribution in [3.63, 3.8) is 0 Å². The SMILES string of the molecule is NCCCC(NCP(=O)(O)O)C(=O)O. The highest BCUT2D eigenvalue weighted by Gasteiger charge is 2.20. The Morgan fingerprint density at radius 1 is 1.50 bits per heavy atom. The van der Waals surface area contributed by atoms with Crippen molar-refractivity contribution in [2.45, 2.75) is 18.9 Å². The number of hydrogen-bond donors (Lipinski definition) is 5. The first-order valence-corrected chi connectivity index (χ1v) is 5.87. The van der Waals surface area contributed by atoms with Gasteiger partial charge in [0.05, 0.1) is 6.29 Å². The Labute approximate surface area is 81.5 Å². The molecule has 8 heteroatoms. The van der Waals surface area contributed by atoms with Crippen LogP contribution in [-0.2, 0) is 9.36 Å². The van der Waals surface area contributed by atoms with Gasteiger partial charge in [-0.3, -0.25) is 14.7 Å². The molecule has 0 bridgehead atoms. The van der Waals surface area contributed by atoms with Crippen molar-refractivity contribution in [2.75, 3.05) is 12.8 Å². The third-order valence-corrected chi connectivity index (χ3v) is 2.13. The van der Waals surface area contributed by atoms with Crippen LogP contribution in [0.5, 0.6) is 0 Å². The van der Waals surface area contributed by atoms with Gasteiger partial charge < -0.3 is 20.6 Å². The number of nitrogens with two attached hydrogens (primary N) is 1. The molecule has 0 saturated carbocycles. The second-order valence-corrected chi connectivity index (χ2v) is 4.49. The maximum atomic E-state index is 10.6. The summed E-state index contributed by atoms with van der Waals surface area (Å²) in [6.07, 6.45) is 0.117. The third-order valence-electron chi connectivity index (χ3n) is 1.54. The van der Waals surface area contributed by atoms with Gasteiger partial charge in [0.15, 0.2) is 0 Å². The lowest BCUT2D eigenvalue weighted by Crippen LogP contribution is -2.37. The first-order valence-electron chi connectivity index (χ1n) is 4.07. The van der Waals surface area contributed by atoms with Crippen LogP contribution in [0.25, 0.3) is 0 Å². The quantitative estimate of drug-likeness (QED) is 0.348. The van der Waals surface area contributed by atoms with Gasteiger partial charge in [-0.15, -0.1) is 0 Å². The summed E-state index contributed by atoms with van der Waals surface area (Å²) in [4.78, 5) is 27.6. The van der Waals surface area contributed by atoms with E-state index in [9.17, 15) is 9.36 Å². The molecule has 0 spiro atoms. The molecule has 7 nitrogen and oxygen atoms in total. The maximum Gasteiger partial charge on any atom is 0.339 e. The van der Waals surface area contributed by atoms with E-state index >= 15 is 0 Å². The highest BCUT2D eigenvalue weighted by molar-refractivity contribution is 7.51. The molecule has 0 heterocycles. The molecule has 0 aromatic rings. The first kappa shape index (κ1) is 13.5. The van der Waals surface area contributed by atoms with Crippen molar-refractivity contribution in [3.05, 3.63) is 0 Å². The zero-order chi connectivity index (χ0) is 11.2. The number of carbonyl (C=O) groups is 1. The molecule has 0 aromatic heterocycles. The van der Waals surface area contributed by atoms with Gasteiger partial charge in [0.1, 0.15) is 6.04 Å². The molecule has 0 aliphatic rings. The van der Waals surface area contributed by atoms with Gasteiger partial charge in [0.2, 0.25) is 0 Å². The lowest BCUT2D eigenvalue weighted by Gasteiger charge is -2.14. The van der Waals surface area contributed by atoms with Crippen molar-refractivity contribution in [2.24, 2.45) is 5.73 Å². The molecular formula is C6H15N2O5P. The standard InChI is InChI=1S/C6H15N2O5P/c7-3-1-2-5(6(9)10)8-4-14(11,12)13/h5,8H,1-4,7H2,(H,9,10)(H2,11,12,13). The summed E-state index contributed by atoms with van der Waals surface area (Å²) in [5, 5.41) is 10.9. The van der Waals surface area contributed by atoms with E-state index in [0.29, 0.717) is 13.0 Å². The molecule has 0 aliphatic heterocycles. The van der Waals surface area contributed by atoms with Crippen LogP contribution in [0, 0.1) is 0 Å². The van der Waals surface area contributed by atoms with E-state index in [2.05, 4.69) is 5.32 Å². The Hall–Kier alpha value is -0.460. The van der Waals surface area contributed by atoms with E-state index in [1.54, 1.807) is 0 Å². The maximum absolute atomic E-state index is 10.6. The van der Waals surface area contributed by atoms with E-state index < -0.39 is 25.9 Å². The number of aliphatic carboxylic acids is 1. The van der Waals surface area contributed by atoms with E-state index in [-0.39, 0.29) is 6.42 Å². The van der Waals surface area contributed by atoms with Gasteiger partial charge >= 0.3 is 13.6 Å². The molecule has 0 aromatic carbocycles. The van der Waals surface area contributed by atoms with E-state index in [0.717, 1.165) is 0 Å². The summed E-state index contributed by atoms with van der Waals surface area (Å²) in [6.45, 7) is 0.349. The molecular weight excluding hydrogens is 211 g/mol. The fraction of sp³-hybridized carbons (Fsp3) is 0.833. The minimum atomic E-state index is -4.20. The monoisotopic (exact) mass is 226 g/mol. The van der Waals surface area contributed by atoms with Crippen molar-refractivity contribution in [1.29, 1.82) is 0 Å². The minimum absolute atomic E-state index is 0.256. The second-order valence-electron chi connectivity index (χ2n) is 2.85. The highest BCUT2D eigenvalue weighted by atomic mass is 31.2. The topological polar surface area (TPSA) is 133 Å². The molecule has 6 N–H and O–H groups in total. The summed E-state index contributed by atoms with van der Waals surface area (Å²) in [6, 6.07) is -0.953. The average molecular weight is 226 g/mol. The lowest BCUT2D eigenvalue weighted by atomic mass is 10.1. The van der Waals surface area contributed by atoms with Crippen molar-refractivity contribution in [1.82, 2.24) is 5.32 Å². The Morgan fingerprint density at radius 3 is 2.43 bits per heavy atom. The molecule has 14 heavy (non-hydrogen) atoms. The molecule has 0 radical (unpaired) electrons. The minimum Gasteiger partial charge on any atom is -0.480 e. The number of nitrogens with one attached hydrogen (secondary N) is 1. The van der Waals surface area contributed by atoms with Crippen LogP contribution in [0.3, 0.4) is 0 Å². The Balaban J connectivity index is 3.98. The van der Waals surface area contributed by atoms with E-state index in [1.165, 1.54) is 0 Å². The summed E-state index contributed by atoms with van der Waals surface area (Å²) in [5.41, 5.74) is 5.18. The van der Waals surface area contributed by atoms with Crippen LogP contribution in [0.15, 0.2) is 0 Å². The molecule has 0 amide bonds. The molecule has 0 rings (SSSR count). The molecule has 0 fully saturated rings. The summed E-state index contributed by atoms with van der Waals surface area (Å²) < 4.78 is 10.4. The summed E-state index contributed by atoms with van der Waals surface area (Å²) in [5.74, 6) is -1.13. The van der Waals surface area contributed by atoms with Crippen LogP contribution in [0.1, 0.15) is 12.8 Å². The molecule has 1 unspecified atom stereocenters. The van der Waals surface area contributed by atoms with E-state index in [4.69, 9.17) is 20.6 Å². The first-order chi connectivity index (χ1) is 6.37. The Bertz CT molecular complexity index is 228. The van der Waals surface area contributed by atoms with Gasteiger partial charge in [-0.2, -0.15) is 0 Å². The average Bonchev–Trinajstić information content (AvgIpc) is 2.01. The molecule has 1 atom stereocenters. The number of hydrogen-bond acceptors (Lipinski definition) is 4. The van der Waals surface area contributed by atoms with Crippen molar-refractivity contribution < 1.29 is 24.3 Å². The Kier molecular flexibility index (Phi) is 5.90. The van der Waals surface area contributed by atoms with Crippen LogP contribution >= 0.6 is 7.60 Å².